The van der Waals surface area contributed by atoms with Gasteiger partial charge in [0, 0.05) is 13.1 Å². The van der Waals surface area contributed by atoms with E-state index in [1.54, 1.807) is 0 Å². The number of carboxylic acids is 1. The van der Waals surface area contributed by atoms with Crippen molar-refractivity contribution < 1.29 is 14.7 Å². The fourth-order valence-electron chi connectivity index (χ4n) is 0.987. The van der Waals surface area contributed by atoms with Crippen molar-refractivity contribution in [2.24, 2.45) is 0 Å². The van der Waals surface area contributed by atoms with Gasteiger partial charge in [-0.2, -0.15) is 0 Å². The van der Waals surface area contributed by atoms with Crippen molar-refractivity contribution in [1.29, 1.82) is 0 Å². The molecule has 1 unspecified atom stereocenters. The van der Waals surface area contributed by atoms with E-state index in [1.165, 1.54) is 0 Å². The lowest BCUT2D eigenvalue weighted by molar-refractivity contribution is -0.140. The third-order valence-corrected chi connectivity index (χ3v) is 1.51. The Hall–Kier alpha value is -0.810. The Morgan fingerprint density at radius 2 is 2.25 bits per heavy atom. The number of aliphatic carboxylic acids is 1. The largest absolute Gasteiger partial charge is 0.481 e. The topological polar surface area (TPSA) is 78.4 Å². The maximum absolute atomic E-state index is 10.9. The Morgan fingerprint density at radius 3 is 2.75 bits per heavy atom. The maximum atomic E-state index is 10.9. The van der Waals surface area contributed by atoms with E-state index in [4.69, 9.17) is 5.11 Å². The number of halogens is 1. The molecular formula is C6H11ClN2O3. The summed E-state index contributed by atoms with van der Waals surface area (Å²) in [5.41, 5.74) is 0. The molecule has 0 aromatic rings. The summed E-state index contributed by atoms with van der Waals surface area (Å²) < 4.78 is 0. The standard InChI is InChI=1S/C6H10N2O3.ClH/c9-5(10)3-4-6(11)8-2-1-7-4;/h4,7H,1-3H2,(H,8,11)(H,9,10);1H. The van der Waals surface area contributed by atoms with E-state index in [-0.39, 0.29) is 24.7 Å². The van der Waals surface area contributed by atoms with Crippen molar-refractivity contribution in [2.45, 2.75) is 12.5 Å². The van der Waals surface area contributed by atoms with Crippen molar-refractivity contribution in [3.05, 3.63) is 0 Å². The van der Waals surface area contributed by atoms with E-state index in [9.17, 15) is 9.59 Å². The summed E-state index contributed by atoms with van der Waals surface area (Å²) in [6.07, 6.45) is -0.147. The lowest BCUT2D eigenvalue weighted by Gasteiger charge is -2.21. The van der Waals surface area contributed by atoms with E-state index in [0.29, 0.717) is 13.1 Å². The van der Waals surface area contributed by atoms with Crippen molar-refractivity contribution in [3.8, 4) is 0 Å². The minimum atomic E-state index is -0.959. The van der Waals surface area contributed by atoms with Crippen LogP contribution in [0.4, 0.5) is 0 Å². The zero-order valence-electron chi connectivity index (χ0n) is 6.37. The van der Waals surface area contributed by atoms with Crippen molar-refractivity contribution in [2.75, 3.05) is 13.1 Å². The van der Waals surface area contributed by atoms with Gasteiger partial charge in [0.25, 0.3) is 0 Å². The van der Waals surface area contributed by atoms with Gasteiger partial charge < -0.3 is 15.7 Å². The average molecular weight is 195 g/mol. The molecule has 1 fully saturated rings. The normalized spacial score (nSPS) is 22.3. The first-order chi connectivity index (χ1) is 5.20. The number of carboxylic acid groups (broad SMARTS) is 1. The molecule has 5 nitrogen and oxygen atoms in total. The van der Waals surface area contributed by atoms with Gasteiger partial charge in [-0.1, -0.05) is 0 Å². The zero-order valence-corrected chi connectivity index (χ0v) is 7.19. The van der Waals surface area contributed by atoms with Crippen LogP contribution in [0.5, 0.6) is 0 Å². The summed E-state index contributed by atoms with van der Waals surface area (Å²) in [6, 6.07) is -0.554. The Bertz CT molecular complexity index is 186. The van der Waals surface area contributed by atoms with Crippen LogP contribution in [-0.2, 0) is 9.59 Å². The van der Waals surface area contributed by atoms with E-state index in [2.05, 4.69) is 10.6 Å². The molecule has 0 aromatic carbocycles. The molecule has 0 bridgehead atoms. The molecule has 1 aliphatic rings. The van der Waals surface area contributed by atoms with Crippen molar-refractivity contribution >= 4 is 24.3 Å². The van der Waals surface area contributed by atoms with Gasteiger partial charge >= 0.3 is 5.97 Å². The molecule has 0 spiro atoms. The highest BCUT2D eigenvalue weighted by Gasteiger charge is 2.23. The highest BCUT2D eigenvalue weighted by molar-refractivity contribution is 5.86. The van der Waals surface area contributed by atoms with Gasteiger partial charge in [-0.3, -0.25) is 9.59 Å². The predicted molar refractivity (Wildman–Crippen MR) is 44.3 cm³/mol. The first-order valence-corrected chi connectivity index (χ1v) is 3.43. The Balaban J connectivity index is 0.00000121. The molecule has 1 aliphatic heterocycles. The van der Waals surface area contributed by atoms with Crippen LogP contribution in [-0.4, -0.2) is 36.1 Å². The SMILES string of the molecule is Cl.O=C(O)CC1NCCNC1=O. The lowest BCUT2D eigenvalue weighted by atomic mass is 10.1. The minimum absolute atomic E-state index is 0. The van der Waals surface area contributed by atoms with Crippen molar-refractivity contribution in [3.63, 3.8) is 0 Å². The molecule has 1 amide bonds. The number of rotatable bonds is 2. The Kier molecular flexibility index (Phi) is 4.61. The number of hydrogen-bond donors (Lipinski definition) is 3. The molecule has 0 aromatic heterocycles. The Labute approximate surface area is 75.9 Å². The van der Waals surface area contributed by atoms with Gasteiger partial charge in [0.05, 0.1) is 12.5 Å². The van der Waals surface area contributed by atoms with Gasteiger partial charge in [-0.05, 0) is 0 Å². The molecule has 0 saturated carbocycles. The molecule has 3 N–H and O–H groups in total. The second kappa shape index (κ2) is 4.95. The predicted octanol–water partition coefficient (Wildman–Crippen LogP) is -1.03. The first kappa shape index (κ1) is 11.2. The molecule has 1 heterocycles. The number of piperazine rings is 1. The number of hydrogen-bond acceptors (Lipinski definition) is 3. The number of nitrogens with one attached hydrogen (secondary N) is 2. The van der Waals surface area contributed by atoms with Gasteiger partial charge in [-0.15, -0.1) is 12.4 Å². The number of carbonyl (C=O) groups excluding carboxylic acids is 1. The van der Waals surface area contributed by atoms with Crippen LogP contribution in [0.1, 0.15) is 6.42 Å². The van der Waals surface area contributed by atoms with E-state index < -0.39 is 12.0 Å². The van der Waals surface area contributed by atoms with Gasteiger partial charge in [0.1, 0.15) is 0 Å². The number of carbonyl (C=O) groups is 2. The summed E-state index contributed by atoms with van der Waals surface area (Å²) in [5.74, 6) is -1.18. The minimum Gasteiger partial charge on any atom is -0.481 e. The van der Waals surface area contributed by atoms with Crippen LogP contribution in [0.2, 0.25) is 0 Å². The molecule has 6 heteroatoms. The summed E-state index contributed by atoms with van der Waals surface area (Å²) >= 11 is 0. The highest BCUT2D eigenvalue weighted by atomic mass is 35.5. The highest BCUT2D eigenvalue weighted by Crippen LogP contribution is 1.94. The summed E-state index contributed by atoms with van der Waals surface area (Å²) in [6.45, 7) is 1.22. The van der Waals surface area contributed by atoms with Crippen LogP contribution in [0, 0.1) is 0 Å². The summed E-state index contributed by atoms with van der Waals surface area (Å²) in [4.78, 5) is 21.1. The van der Waals surface area contributed by atoms with Crippen molar-refractivity contribution in [1.82, 2.24) is 10.6 Å². The first-order valence-electron chi connectivity index (χ1n) is 3.43. The molecule has 1 saturated heterocycles. The molecule has 1 rings (SSSR count). The summed E-state index contributed by atoms with van der Waals surface area (Å²) in [5, 5.41) is 13.7. The summed E-state index contributed by atoms with van der Waals surface area (Å²) in [7, 11) is 0. The van der Waals surface area contributed by atoms with E-state index in [1.807, 2.05) is 0 Å². The zero-order chi connectivity index (χ0) is 8.27. The van der Waals surface area contributed by atoms with E-state index >= 15 is 0 Å². The molecule has 0 radical (unpaired) electrons. The fraction of sp³-hybridized carbons (Fsp3) is 0.667. The fourth-order valence-corrected chi connectivity index (χ4v) is 0.987. The quantitative estimate of drug-likeness (QED) is 0.526. The second-order valence-electron chi connectivity index (χ2n) is 2.40. The van der Waals surface area contributed by atoms with Gasteiger partial charge in [0.2, 0.25) is 5.91 Å². The molecule has 1 atom stereocenters. The van der Waals surface area contributed by atoms with Crippen LogP contribution >= 0.6 is 12.4 Å². The van der Waals surface area contributed by atoms with E-state index in [0.717, 1.165) is 0 Å². The molecular weight excluding hydrogens is 184 g/mol. The molecule has 70 valence electrons. The molecule has 0 aliphatic carbocycles. The van der Waals surface area contributed by atoms with Gasteiger partial charge in [-0.25, -0.2) is 0 Å². The second-order valence-corrected chi connectivity index (χ2v) is 2.40. The molecule has 12 heavy (non-hydrogen) atoms. The third-order valence-electron chi connectivity index (χ3n) is 1.51. The van der Waals surface area contributed by atoms with Gasteiger partial charge in [0.15, 0.2) is 0 Å². The average Bonchev–Trinajstić information content (AvgIpc) is 1.93. The smallest absolute Gasteiger partial charge is 0.305 e. The monoisotopic (exact) mass is 194 g/mol. The van der Waals surface area contributed by atoms with Crippen LogP contribution in [0.25, 0.3) is 0 Å². The van der Waals surface area contributed by atoms with Crippen LogP contribution in [0.3, 0.4) is 0 Å². The Morgan fingerprint density at radius 1 is 1.58 bits per heavy atom. The maximum Gasteiger partial charge on any atom is 0.305 e. The lowest BCUT2D eigenvalue weighted by Crippen LogP contribution is -2.53. The third kappa shape index (κ3) is 3.06. The number of amides is 1. The van der Waals surface area contributed by atoms with Crippen LogP contribution in [0.15, 0.2) is 0 Å². The van der Waals surface area contributed by atoms with Crippen LogP contribution < -0.4 is 10.6 Å².